The van der Waals surface area contributed by atoms with Crippen molar-refractivity contribution in [3.8, 4) is 0 Å². The Morgan fingerprint density at radius 1 is 1.24 bits per heavy atom. The van der Waals surface area contributed by atoms with E-state index in [-0.39, 0.29) is 29.8 Å². The Bertz CT molecular complexity index is 1180. The molecule has 0 spiro atoms. The van der Waals surface area contributed by atoms with E-state index in [0.29, 0.717) is 23.7 Å². The first kappa shape index (κ1) is 22.1. The number of hydrogen-bond acceptors (Lipinski definition) is 5. The lowest BCUT2D eigenvalue weighted by molar-refractivity contribution is -0.133. The Balaban J connectivity index is 1.38. The fraction of sp³-hybridized carbons (Fsp3) is 0.458. The van der Waals surface area contributed by atoms with Crippen molar-refractivity contribution in [3.05, 3.63) is 52.8 Å². The molecule has 3 atom stereocenters. The SMILES string of the molecule is CC1CN(C(=O)[C@H]2CCCN2)CCN1c1ccc2nnn(C(C)c3ccc(Cl)cc3F)c2c1. The van der Waals surface area contributed by atoms with Crippen LogP contribution in [0.4, 0.5) is 10.1 Å². The first-order valence-electron chi connectivity index (χ1n) is 11.5. The topological polar surface area (TPSA) is 66.3 Å². The molecule has 2 aliphatic rings. The van der Waals surface area contributed by atoms with Crippen LogP contribution in [0, 0.1) is 5.82 Å². The molecule has 1 N–H and O–H groups in total. The van der Waals surface area contributed by atoms with Crippen molar-refractivity contribution in [2.75, 3.05) is 31.1 Å². The van der Waals surface area contributed by atoms with Crippen LogP contribution in [-0.2, 0) is 4.79 Å². The van der Waals surface area contributed by atoms with Crippen LogP contribution in [-0.4, -0.2) is 64.1 Å². The highest BCUT2D eigenvalue weighted by Gasteiger charge is 2.32. The predicted molar refractivity (Wildman–Crippen MR) is 127 cm³/mol. The standard InChI is InChI=1S/C24H28ClFN6O/c1-15-14-30(24(33)22-4-3-9-27-22)10-11-31(15)18-6-8-21-23(13-18)32(29-28-21)16(2)19-7-5-17(25)12-20(19)26/h5-8,12-13,15-16,22,27H,3-4,9-11,14H2,1-2H3/t15?,16?,22-/m1/s1. The quantitative estimate of drug-likeness (QED) is 0.630. The molecule has 7 nitrogen and oxygen atoms in total. The maximum atomic E-state index is 14.5. The van der Waals surface area contributed by atoms with Gasteiger partial charge in [0.1, 0.15) is 11.3 Å². The molecule has 2 fully saturated rings. The number of piperazine rings is 1. The van der Waals surface area contributed by atoms with Gasteiger partial charge in [-0.25, -0.2) is 9.07 Å². The highest BCUT2D eigenvalue weighted by Crippen LogP contribution is 2.29. The van der Waals surface area contributed by atoms with E-state index in [2.05, 4.69) is 33.5 Å². The Labute approximate surface area is 197 Å². The number of nitrogens with one attached hydrogen (secondary N) is 1. The summed E-state index contributed by atoms with van der Waals surface area (Å²) in [5.74, 6) is -0.142. The molecular weight excluding hydrogens is 443 g/mol. The van der Waals surface area contributed by atoms with Crippen LogP contribution in [0.5, 0.6) is 0 Å². The zero-order valence-corrected chi connectivity index (χ0v) is 19.6. The fourth-order valence-corrected chi connectivity index (χ4v) is 5.18. The molecule has 174 valence electrons. The van der Waals surface area contributed by atoms with E-state index in [4.69, 9.17) is 11.6 Å². The van der Waals surface area contributed by atoms with Gasteiger partial charge in [-0.2, -0.15) is 0 Å². The van der Waals surface area contributed by atoms with Crippen LogP contribution in [0.1, 0.15) is 38.3 Å². The molecular formula is C24H28ClFN6O. The van der Waals surface area contributed by atoms with Crippen molar-refractivity contribution in [1.82, 2.24) is 25.2 Å². The maximum absolute atomic E-state index is 14.5. The molecule has 9 heteroatoms. The van der Waals surface area contributed by atoms with Crippen LogP contribution < -0.4 is 10.2 Å². The molecule has 1 amide bonds. The second-order valence-corrected chi connectivity index (χ2v) is 9.46. The number of fused-ring (bicyclic) bond motifs is 1. The third kappa shape index (κ3) is 4.17. The van der Waals surface area contributed by atoms with Crippen LogP contribution in [0.15, 0.2) is 36.4 Å². The van der Waals surface area contributed by atoms with Crippen LogP contribution in [0.2, 0.25) is 5.02 Å². The Morgan fingerprint density at radius 3 is 2.82 bits per heavy atom. The molecule has 2 aromatic carbocycles. The zero-order chi connectivity index (χ0) is 23.1. The fourth-order valence-electron chi connectivity index (χ4n) is 5.02. The first-order chi connectivity index (χ1) is 15.9. The second-order valence-electron chi connectivity index (χ2n) is 9.02. The second kappa shape index (κ2) is 8.91. The van der Waals surface area contributed by atoms with Gasteiger partial charge in [0.2, 0.25) is 5.91 Å². The molecule has 3 heterocycles. The van der Waals surface area contributed by atoms with Gasteiger partial charge in [0.25, 0.3) is 0 Å². The minimum absolute atomic E-state index is 0.0322. The summed E-state index contributed by atoms with van der Waals surface area (Å²) in [7, 11) is 0. The van der Waals surface area contributed by atoms with Crippen molar-refractivity contribution < 1.29 is 9.18 Å². The van der Waals surface area contributed by atoms with Gasteiger partial charge in [-0.15, -0.1) is 5.10 Å². The molecule has 0 bridgehead atoms. The highest BCUT2D eigenvalue weighted by molar-refractivity contribution is 6.30. The summed E-state index contributed by atoms with van der Waals surface area (Å²) >= 11 is 5.92. The summed E-state index contributed by atoms with van der Waals surface area (Å²) in [4.78, 5) is 17.1. The van der Waals surface area contributed by atoms with Gasteiger partial charge >= 0.3 is 0 Å². The lowest BCUT2D eigenvalue weighted by atomic mass is 10.1. The number of rotatable bonds is 4. The third-order valence-electron chi connectivity index (χ3n) is 6.86. The van der Waals surface area contributed by atoms with Crippen molar-refractivity contribution in [1.29, 1.82) is 0 Å². The van der Waals surface area contributed by atoms with E-state index in [0.717, 1.165) is 42.7 Å². The molecule has 0 saturated carbocycles. The Hall–Kier alpha value is -2.71. The van der Waals surface area contributed by atoms with Gasteiger partial charge in [0, 0.05) is 41.9 Å². The number of hydrogen-bond donors (Lipinski definition) is 1. The molecule has 0 aliphatic carbocycles. The largest absolute Gasteiger partial charge is 0.365 e. The lowest BCUT2D eigenvalue weighted by Gasteiger charge is -2.42. The number of carbonyl (C=O) groups excluding carboxylic acids is 1. The van der Waals surface area contributed by atoms with Gasteiger partial charge in [-0.05, 0) is 63.6 Å². The molecule has 2 saturated heterocycles. The molecule has 3 aromatic rings. The summed E-state index contributed by atoms with van der Waals surface area (Å²) in [5, 5.41) is 12.3. The summed E-state index contributed by atoms with van der Waals surface area (Å²) in [6.07, 6.45) is 1.99. The molecule has 2 unspecified atom stereocenters. The van der Waals surface area contributed by atoms with E-state index in [9.17, 15) is 9.18 Å². The van der Waals surface area contributed by atoms with E-state index < -0.39 is 0 Å². The van der Waals surface area contributed by atoms with Gasteiger partial charge in [-0.1, -0.05) is 22.9 Å². The Kier molecular flexibility index (Phi) is 5.97. The van der Waals surface area contributed by atoms with Crippen molar-refractivity contribution >= 4 is 34.2 Å². The normalized spacial score (nSPS) is 22.2. The average molecular weight is 471 g/mol. The summed E-state index contributed by atoms with van der Waals surface area (Å²) in [5.41, 5.74) is 3.16. The third-order valence-corrected chi connectivity index (χ3v) is 7.10. The number of aromatic nitrogens is 3. The lowest BCUT2D eigenvalue weighted by Crippen LogP contribution is -2.56. The summed E-state index contributed by atoms with van der Waals surface area (Å²) in [6.45, 7) is 7.12. The van der Waals surface area contributed by atoms with Crippen molar-refractivity contribution in [2.24, 2.45) is 0 Å². The average Bonchev–Trinajstić information content (AvgIpc) is 3.48. The monoisotopic (exact) mass is 470 g/mol. The predicted octanol–water partition coefficient (Wildman–Crippen LogP) is 3.62. The minimum atomic E-state index is -0.360. The van der Waals surface area contributed by atoms with Gasteiger partial charge in [0.15, 0.2) is 0 Å². The summed E-state index contributed by atoms with van der Waals surface area (Å²) < 4.78 is 16.3. The number of anilines is 1. The smallest absolute Gasteiger partial charge is 0.239 e. The molecule has 5 rings (SSSR count). The van der Waals surface area contributed by atoms with Crippen LogP contribution >= 0.6 is 11.6 Å². The number of benzene rings is 2. The van der Waals surface area contributed by atoms with Crippen molar-refractivity contribution in [2.45, 2.75) is 44.8 Å². The number of halogens is 2. The molecule has 2 aliphatic heterocycles. The van der Waals surface area contributed by atoms with E-state index in [1.165, 1.54) is 6.07 Å². The van der Waals surface area contributed by atoms with E-state index in [1.807, 2.05) is 24.0 Å². The molecule has 0 radical (unpaired) electrons. The van der Waals surface area contributed by atoms with Crippen molar-refractivity contribution in [3.63, 3.8) is 0 Å². The van der Waals surface area contributed by atoms with E-state index >= 15 is 0 Å². The van der Waals surface area contributed by atoms with Gasteiger partial charge in [-0.3, -0.25) is 4.79 Å². The maximum Gasteiger partial charge on any atom is 0.239 e. The van der Waals surface area contributed by atoms with Crippen LogP contribution in [0.25, 0.3) is 11.0 Å². The van der Waals surface area contributed by atoms with Gasteiger partial charge < -0.3 is 15.1 Å². The van der Waals surface area contributed by atoms with Gasteiger partial charge in [0.05, 0.1) is 17.6 Å². The number of carbonyl (C=O) groups is 1. The molecule has 1 aromatic heterocycles. The minimum Gasteiger partial charge on any atom is -0.365 e. The highest BCUT2D eigenvalue weighted by atomic mass is 35.5. The van der Waals surface area contributed by atoms with Crippen LogP contribution in [0.3, 0.4) is 0 Å². The summed E-state index contributed by atoms with van der Waals surface area (Å²) in [6, 6.07) is 10.6. The first-order valence-corrected chi connectivity index (χ1v) is 11.9. The number of nitrogens with zero attached hydrogens (tertiary/aromatic N) is 5. The molecule has 33 heavy (non-hydrogen) atoms. The van der Waals surface area contributed by atoms with E-state index in [1.54, 1.807) is 16.8 Å². The number of amides is 1. The Morgan fingerprint density at radius 2 is 2.09 bits per heavy atom. The zero-order valence-electron chi connectivity index (χ0n) is 18.8.